The lowest BCUT2D eigenvalue weighted by Gasteiger charge is -2.25. The fourth-order valence-electron chi connectivity index (χ4n) is 1.81. The van der Waals surface area contributed by atoms with E-state index < -0.39 is 5.97 Å². The lowest BCUT2D eigenvalue weighted by Crippen LogP contribution is -2.21. The largest absolute Gasteiger partial charge is 0.478 e. The minimum Gasteiger partial charge on any atom is -0.478 e. The van der Waals surface area contributed by atoms with Gasteiger partial charge in [0.15, 0.2) is 0 Å². The van der Waals surface area contributed by atoms with Crippen LogP contribution in [0, 0.1) is 0 Å². The first-order valence-corrected chi connectivity index (χ1v) is 4.62. The van der Waals surface area contributed by atoms with Gasteiger partial charge in [-0.25, -0.2) is 4.79 Å². The number of hydrogen-bond acceptors (Lipinski definition) is 2. The van der Waals surface area contributed by atoms with E-state index in [1.807, 2.05) is 0 Å². The Labute approximate surface area is 78.4 Å². The van der Waals surface area contributed by atoms with Gasteiger partial charge in [-0.1, -0.05) is 6.42 Å². The third-order valence-electron chi connectivity index (χ3n) is 2.64. The SMILES string of the molecule is COC1CCCCC1=C(C)C(=O)O. The first kappa shape index (κ1) is 10.3. The molecule has 0 aromatic carbocycles. The molecule has 3 nitrogen and oxygen atoms in total. The summed E-state index contributed by atoms with van der Waals surface area (Å²) in [7, 11) is 1.64. The maximum absolute atomic E-state index is 10.7. The van der Waals surface area contributed by atoms with Crippen LogP contribution < -0.4 is 0 Å². The Bertz CT molecular complexity index is 230. The van der Waals surface area contributed by atoms with Gasteiger partial charge in [-0.05, 0) is 31.8 Å². The molecule has 1 atom stereocenters. The third kappa shape index (κ3) is 2.31. The van der Waals surface area contributed by atoms with Crippen molar-refractivity contribution in [2.75, 3.05) is 7.11 Å². The number of carbonyl (C=O) groups is 1. The second-order valence-electron chi connectivity index (χ2n) is 3.43. The van der Waals surface area contributed by atoms with E-state index >= 15 is 0 Å². The highest BCUT2D eigenvalue weighted by atomic mass is 16.5. The number of carboxylic acids is 1. The van der Waals surface area contributed by atoms with Crippen molar-refractivity contribution in [1.82, 2.24) is 0 Å². The van der Waals surface area contributed by atoms with Gasteiger partial charge in [0.2, 0.25) is 0 Å². The fraction of sp³-hybridized carbons (Fsp3) is 0.700. The molecule has 0 saturated heterocycles. The summed E-state index contributed by atoms with van der Waals surface area (Å²) in [5.74, 6) is -0.820. The number of methoxy groups -OCH3 is 1. The highest BCUT2D eigenvalue weighted by Crippen LogP contribution is 2.28. The zero-order valence-electron chi connectivity index (χ0n) is 8.17. The van der Waals surface area contributed by atoms with Crippen LogP contribution >= 0.6 is 0 Å². The molecule has 1 rings (SSSR count). The Morgan fingerprint density at radius 2 is 2.23 bits per heavy atom. The zero-order chi connectivity index (χ0) is 9.84. The molecule has 0 spiro atoms. The highest BCUT2D eigenvalue weighted by Gasteiger charge is 2.22. The molecule has 13 heavy (non-hydrogen) atoms. The lowest BCUT2D eigenvalue weighted by molar-refractivity contribution is -0.132. The van der Waals surface area contributed by atoms with Crippen LogP contribution in [0.15, 0.2) is 11.1 Å². The first-order chi connectivity index (χ1) is 6.16. The van der Waals surface area contributed by atoms with Crippen molar-refractivity contribution in [3.8, 4) is 0 Å². The van der Waals surface area contributed by atoms with E-state index in [-0.39, 0.29) is 6.10 Å². The Hall–Kier alpha value is -0.830. The van der Waals surface area contributed by atoms with Crippen molar-refractivity contribution in [2.24, 2.45) is 0 Å². The van der Waals surface area contributed by atoms with Crippen molar-refractivity contribution in [3.05, 3.63) is 11.1 Å². The zero-order valence-corrected chi connectivity index (χ0v) is 8.17. The second kappa shape index (κ2) is 4.42. The molecule has 3 heteroatoms. The Balaban J connectivity index is 2.85. The standard InChI is InChI=1S/C10H16O3/c1-7(10(11)12)8-5-3-4-6-9(8)13-2/h9H,3-6H2,1-2H3,(H,11,12). The molecule has 0 heterocycles. The van der Waals surface area contributed by atoms with Gasteiger partial charge in [-0.15, -0.1) is 0 Å². The molecule has 1 aliphatic rings. The third-order valence-corrected chi connectivity index (χ3v) is 2.64. The van der Waals surface area contributed by atoms with Crippen molar-refractivity contribution < 1.29 is 14.6 Å². The Morgan fingerprint density at radius 3 is 2.77 bits per heavy atom. The van der Waals surface area contributed by atoms with E-state index in [9.17, 15) is 4.79 Å². The number of aliphatic carboxylic acids is 1. The average molecular weight is 184 g/mol. The molecule has 0 aliphatic heterocycles. The van der Waals surface area contributed by atoms with Crippen LogP contribution in [0.2, 0.25) is 0 Å². The van der Waals surface area contributed by atoms with Crippen molar-refractivity contribution in [3.63, 3.8) is 0 Å². The molecule has 0 amide bonds. The Morgan fingerprint density at radius 1 is 1.54 bits per heavy atom. The molecule has 1 N–H and O–H groups in total. The van der Waals surface area contributed by atoms with Crippen LogP contribution in [0.1, 0.15) is 32.6 Å². The molecule has 74 valence electrons. The summed E-state index contributed by atoms with van der Waals surface area (Å²) in [4.78, 5) is 10.7. The van der Waals surface area contributed by atoms with Gasteiger partial charge in [-0.3, -0.25) is 0 Å². The summed E-state index contributed by atoms with van der Waals surface area (Å²) in [6.45, 7) is 1.66. The minimum atomic E-state index is -0.820. The molecule has 0 bridgehead atoms. The summed E-state index contributed by atoms with van der Waals surface area (Å²) >= 11 is 0. The smallest absolute Gasteiger partial charge is 0.331 e. The maximum Gasteiger partial charge on any atom is 0.331 e. The molecule has 0 aromatic heterocycles. The molecule has 1 saturated carbocycles. The topological polar surface area (TPSA) is 46.5 Å². The van der Waals surface area contributed by atoms with E-state index in [0.29, 0.717) is 5.57 Å². The van der Waals surface area contributed by atoms with Gasteiger partial charge in [0.1, 0.15) is 0 Å². The predicted molar refractivity (Wildman–Crippen MR) is 49.6 cm³/mol. The monoisotopic (exact) mass is 184 g/mol. The molecule has 1 aliphatic carbocycles. The van der Waals surface area contributed by atoms with E-state index in [0.717, 1.165) is 31.3 Å². The van der Waals surface area contributed by atoms with Crippen molar-refractivity contribution in [1.29, 1.82) is 0 Å². The quantitative estimate of drug-likeness (QED) is 0.667. The van der Waals surface area contributed by atoms with Crippen LogP contribution in [0.3, 0.4) is 0 Å². The second-order valence-corrected chi connectivity index (χ2v) is 3.43. The average Bonchev–Trinajstić information content (AvgIpc) is 2.16. The molecule has 0 radical (unpaired) electrons. The number of rotatable bonds is 2. The summed E-state index contributed by atoms with van der Waals surface area (Å²) in [5.41, 5.74) is 1.44. The minimum absolute atomic E-state index is 0.0323. The molecular weight excluding hydrogens is 168 g/mol. The van der Waals surface area contributed by atoms with Gasteiger partial charge in [-0.2, -0.15) is 0 Å². The Kier molecular flexibility index (Phi) is 3.48. The summed E-state index contributed by atoms with van der Waals surface area (Å²) in [6, 6.07) is 0. The summed E-state index contributed by atoms with van der Waals surface area (Å²) in [5, 5.41) is 8.83. The van der Waals surface area contributed by atoms with Crippen LogP contribution in [0.5, 0.6) is 0 Å². The first-order valence-electron chi connectivity index (χ1n) is 4.62. The highest BCUT2D eigenvalue weighted by molar-refractivity contribution is 5.87. The van der Waals surface area contributed by atoms with E-state index in [1.54, 1.807) is 14.0 Å². The van der Waals surface area contributed by atoms with Crippen LogP contribution in [0.4, 0.5) is 0 Å². The summed E-state index contributed by atoms with van der Waals surface area (Å²) < 4.78 is 5.25. The predicted octanol–water partition coefficient (Wildman–Crippen LogP) is 1.98. The molecule has 0 aromatic rings. The number of ether oxygens (including phenoxy) is 1. The molecular formula is C10H16O3. The van der Waals surface area contributed by atoms with Crippen molar-refractivity contribution >= 4 is 5.97 Å². The van der Waals surface area contributed by atoms with E-state index in [2.05, 4.69) is 0 Å². The van der Waals surface area contributed by atoms with E-state index in [4.69, 9.17) is 9.84 Å². The maximum atomic E-state index is 10.7. The van der Waals surface area contributed by atoms with Gasteiger partial charge in [0.05, 0.1) is 6.10 Å². The summed E-state index contributed by atoms with van der Waals surface area (Å²) in [6.07, 6.45) is 4.08. The molecule has 1 unspecified atom stereocenters. The van der Waals surface area contributed by atoms with Crippen LogP contribution in [0.25, 0.3) is 0 Å². The van der Waals surface area contributed by atoms with Gasteiger partial charge >= 0.3 is 5.97 Å². The molecule has 1 fully saturated rings. The lowest BCUT2D eigenvalue weighted by atomic mass is 9.89. The van der Waals surface area contributed by atoms with E-state index in [1.165, 1.54) is 0 Å². The fourth-order valence-corrected chi connectivity index (χ4v) is 1.81. The van der Waals surface area contributed by atoms with Crippen molar-refractivity contribution in [2.45, 2.75) is 38.7 Å². The van der Waals surface area contributed by atoms with Gasteiger partial charge in [0.25, 0.3) is 0 Å². The number of hydrogen-bond donors (Lipinski definition) is 1. The normalized spacial score (nSPS) is 27.1. The van der Waals surface area contributed by atoms with Gasteiger partial charge < -0.3 is 9.84 Å². The van der Waals surface area contributed by atoms with Crippen LogP contribution in [-0.2, 0) is 9.53 Å². The van der Waals surface area contributed by atoms with Gasteiger partial charge in [0, 0.05) is 12.7 Å². The van der Waals surface area contributed by atoms with Crippen LogP contribution in [-0.4, -0.2) is 24.3 Å². The number of carboxylic acid groups (broad SMARTS) is 1.